The second-order valence-corrected chi connectivity index (χ2v) is 2.45. The average molecular weight is 140 g/mol. The van der Waals surface area contributed by atoms with E-state index in [1.165, 1.54) is 5.56 Å². The van der Waals surface area contributed by atoms with Crippen molar-refractivity contribution in [1.82, 2.24) is 0 Å². The van der Waals surface area contributed by atoms with Gasteiger partial charge in [-0.3, -0.25) is 0 Å². The molecule has 2 rings (SSSR count). The molecule has 0 N–H and O–H groups in total. The SMILES string of the molecule is [C]1C=CC=Cc2ccccc21. The normalized spacial score (nSPS) is 14.2. The van der Waals surface area contributed by atoms with Crippen LogP contribution in [0.3, 0.4) is 0 Å². The lowest BCUT2D eigenvalue weighted by Crippen LogP contribution is -1.81. The van der Waals surface area contributed by atoms with E-state index < -0.39 is 0 Å². The Morgan fingerprint density at radius 2 is 1.91 bits per heavy atom. The van der Waals surface area contributed by atoms with Crippen LogP contribution in [0.15, 0.2) is 42.5 Å². The van der Waals surface area contributed by atoms with Gasteiger partial charge in [-0.05, 0) is 11.1 Å². The zero-order valence-corrected chi connectivity index (χ0v) is 6.12. The summed E-state index contributed by atoms with van der Waals surface area (Å²) in [6.07, 6.45) is 11.2. The quantitative estimate of drug-likeness (QED) is 0.519. The second kappa shape index (κ2) is 2.75. The van der Waals surface area contributed by atoms with Crippen LogP contribution in [0.5, 0.6) is 0 Å². The molecule has 1 aliphatic carbocycles. The van der Waals surface area contributed by atoms with Crippen LogP contribution in [0, 0.1) is 6.42 Å². The van der Waals surface area contributed by atoms with Gasteiger partial charge in [-0.15, -0.1) is 0 Å². The molecule has 1 aromatic rings. The predicted octanol–water partition coefficient (Wildman–Crippen LogP) is 2.70. The van der Waals surface area contributed by atoms with Crippen LogP contribution in [0.4, 0.5) is 0 Å². The number of allylic oxidation sites excluding steroid dienone is 3. The third kappa shape index (κ3) is 1.25. The molecule has 0 saturated heterocycles. The minimum atomic E-state index is 1.16. The first-order valence-electron chi connectivity index (χ1n) is 3.65. The Balaban J connectivity index is 2.52. The van der Waals surface area contributed by atoms with Crippen LogP contribution < -0.4 is 0 Å². The van der Waals surface area contributed by atoms with Gasteiger partial charge in [-0.1, -0.05) is 48.6 Å². The summed E-state index contributed by atoms with van der Waals surface area (Å²) >= 11 is 0. The Morgan fingerprint density at radius 1 is 1.00 bits per heavy atom. The van der Waals surface area contributed by atoms with Crippen molar-refractivity contribution < 1.29 is 0 Å². The molecule has 2 radical (unpaired) electrons. The molecule has 0 heterocycles. The zero-order valence-electron chi connectivity index (χ0n) is 6.12. The fourth-order valence-electron chi connectivity index (χ4n) is 1.13. The fourth-order valence-corrected chi connectivity index (χ4v) is 1.13. The molecule has 0 unspecified atom stereocenters. The van der Waals surface area contributed by atoms with Crippen LogP contribution >= 0.6 is 0 Å². The molecule has 52 valence electrons. The molecule has 0 aromatic heterocycles. The Bertz CT molecular complexity index is 306. The van der Waals surface area contributed by atoms with Gasteiger partial charge in [0.15, 0.2) is 0 Å². The number of benzene rings is 1. The van der Waals surface area contributed by atoms with Crippen LogP contribution in [-0.2, 0) is 0 Å². The van der Waals surface area contributed by atoms with Crippen molar-refractivity contribution in [1.29, 1.82) is 0 Å². The highest BCUT2D eigenvalue weighted by Gasteiger charge is 1.97. The summed E-state index contributed by atoms with van der Waals surface area (Å²) in [5.41, 5.74) is 2.40. The van der Waals surface area contributed by atoms with Gasteiger partial charge in [0.2, 0.25) is 0 Å². The Hall–Kier alpha value is -1.30. The van der Waals surface area contributed by atoms with Crippen molar-refractivity contribution >= 4 is 6.08 Å². The van der Waals surface area contributed by atoms with Crippen molar-refractivity contribution in [3.63, 3.8) is 0 Å². The van der Waals surface area contributed by atoms with Crippen LogP contribution in [-0.4, -0.2) is 0 Å². The highest BCUT2D eigenvalue weighted by molar-refractivity contribution is 5.60. The fraction of sp³-hybridized carbons (Fsp3) is 0. The maximum Gasteiger partial charge on any atom is 0.0429 e. The van der Waals surface area contributed by atoms with Crippen molar-refractivity contribution in [3.8, 4) is 0 Å². The lowest BCUT2D eigenvalue weighted by atomic mass is 10.1. The minimum Gasteiger partial charge on any atom is -0.0714 e. The highest BCUT2D eigenvalue weighted by atomic mass is 14.0. The molecule has 1 aromatic carbocycles. The largest absolute Gasteiger partial charge is 0.0714 e. The van der Waals surface area contributed by atoms with Gasteiger partial charge in [-0.25, -0.2) is 0 Å². The Kier molecular flexibility index (Phi) is 1.60. The standard InChI is InChI=1S/C11H8/c1-2-6-10-8-4-5-9-11(10)7-3-1/h1-6,8-9H. The molecule has 0 atom stereocenters. The number of hydrogen-bond acceptors (Lipinski definition) is 0. The van der Waals surface area contributed by atoms with Gasteiger partial charge >= 0.3 is 0 Å². The average Bonchev–Trinajstić information content (AvgIpc) is 2.28. The molecule has 0 saturated carbocycles. The molecule has 0 nitrogen and oxygen atoms in total. The van der Waals surface area contributed by atoms with Crippen LogP contribution in [0.25, 0.3) is 6.08 Å². The van der Waals surface area contributed by atoms with Crippen molar-refractivity contribution in [2.75, 3.05) is 0 Å². The Labute approximate surface area is 66.9 Å². The van der Waals surface area contributed by atoms with E-state index >= 15 is 0 Å². The van der Waals surface area contributed by atoms with E-state index in [1.54, 1.807) is 0 Å². The molecule has 0 bridgehead atoms. The molecular formula is C11H8. The van der Waals surface area contributed by atoms with Gasteiger partial charge in [0, 0.05) is 6.42 Å². The topological polar surface area (TPSA) is 0 Å². The molecule has 0 spiro atoms. The lowest BCUT2D eigenvalue weighted by Gasteiger charge is -1.98. The van der Waals surface area contributed by atoms with Gasteiger partial charge < -0.3 is 0 Å². The monoisotopic (exact) mass is 140 g/mol. The third-order valence-electron chi connectivity index (χ3n) is 1.68. The second-order valence-electron chi connectivity index (χ2n) is 2.45. The smallest absolute Gasteiger partial charge is 0.0429 e. The van der Waals surface area contributed by atoms with Crippen molar-refractivity contribution in [2.24, 2.45) is 0 Å². The van der Waals surface area contributed by atoms with Gasteiger partial charge in [-0.2, -0.15) is 0 Å². The number of hydrogen-bond donors (Lipinski definition) is 0. The van der Waals surface area contributed by atoms with Gasteiger partial charge in [0.25, 0.3) is 0 Å². The third-order valence-corrected chi connectivity index (χ3v) is 1.68. The molecule has 0 amide bonds. The van der Waals surface area contributed by atoms with E-state index in [2.05, 4.69) is 24.6 Å². The van der Waals surface area contributed by atoms with Crippen molar-refractivity contribution in [3.05, 3.63) is 60.0 Å². The van der Waals surface area contributed by atoms with Gasteiger partial charge in [0.1, 0.15) is 0 Å². The summed E-state index contributed by atoms with van der Waals surface area (Å²) in [4.78, 5) is 0. The summed E-state index contributed by atoms with van der Waals surface area (Å²) in [5.74, 6) is 0. The summed E-state index contributed by atoms with van der Waals surface area (Å²) in [7, 11) is 0. The first kappa shape index (κ1) is 6.41. The van der Waals surface area contributed by atoms with Crippen LogP contribution in [0.1, 0.15) is 11.1 Å². The number of fused-ring (bicyclic) bond motifs is 1. The maximum absolute atomic E-state index is 3.18. The van der Waals surface area contributed by atoms with E-state index in [1.807, 2.05) is 30.4 Å². The maximum atomic E-state index is 3.18. The minimum absolute atomic E-state index is 1.16. The highest BCUT2D eigenvalue weighted by Crippen LogP contribution is 2.15. The van der Waals surface area contributed by atoms with Gasteiger partial charge in [0.05, 0.1) is 0 Å². The summed E-state index contributed by atoms with van der Waals surface area (Å²) < 4.78 is 0. The molecular weight excluding hydrogens is 132 g/mol. The summed E-state index contributed by atoms with van der Waals surface area (Å²) in [5, 5.41) is 0. The summed E-state index contributed by atoms with van der Waals surface area (Å²) in [6.45, 7) is 0. The molecule has 0 heteroatoms. The van der Waals surface area contributed by atoms with E-state index in [4.69, 9.17) is 0 Å². The van der Waals surface area contributed by atoms with E-state index in [0.29, 0.717) is 0 Å². The van der Waals surface area contributed by atoms with Crippen LogP contribution in [0.2, 0.25) is 0 Å². The van der Waals surface area contributed by atoms with E-state index in [-0.39, 0.29) is 0 Å². The first-order chi connectivity index (χ1) is 5.47. The molecule has 11 heavy (non-hydrogen) atoms. The number of rotatable bonds is 0. The van der Waals surface area contributed by atoms with Crippen molar-refractivity contribution in [2.45, 2.75) is 0 Å². The first-order valence-corrected chi connectivity index (χ1v) is 3.65. The zero-order chi connectivity index (χ0) is 7.52. The molecule has 0 fully saturated rings. The van der Waals surface area contributed by atoms with E-state index in [9.17, 15) is 0 Å². The van der Waals surface area contributed by atoms with E-state index in [0.717, 1.165) is 5.56 Å². The predicted molar refractivity (Wildman–Crippen MR) is 47.0 cm³/mol. The lowest BCUT2D eigenvalue weighted by molar-refractivity contribution is 1.50. The summed E-state index contributed by atoms with van der Waals surface area (Å²) in [6, 6.07) is 8.22. The molecule has 0 aliphatic heterocycles. The Morgan fingerprint density at radius 3 is 2.91 bits per heavy atom. The molecule has 1 aliphatic rings.